The van der Waals surface area contributed by atoms with Crippen molar-refractivity contribution in [1.82, 2.24) is 4.47 Å². The molecule has 0 saturated carbocycles. The highest BCUT2D eigenvalue weighted by Gasteiger charge is 2.22. The lowest BCUT2D eigenvalue weighted by Crippen LogP contribution is -2.25. The molecule has 0 bridgehead atoms. The molecule has 9 nitrogen and oxygen atoms in total. The lowest BCUT2D eigenvalue weighted by molar-refractivity contribution is -0.384. The van der Waals surface area contributed by atoms with E-state index in [-0.39, 0.29) is 22.8 Å². The Morgan fingerprint density at radius 2 is 1.85 bits per heavy atom. The van der Waals surface area contributed by atoms with Gasteiger partial charge in [-0.15, -0.1) is 0 Å². The van der Waals surface area contributed by atoms with Gasteiger partial charge in [0.2, 0.25) is 0 Å². The molecule has 0 fully saturated rings. The largest absolute Gasteiger partial charge is 0.457 e. The highest BCUT2D eigenvalue weighted by Crippen LogP contribution is 2.17. The van der Waals surface area contributed by atoms with Crippen LogP contribution in [-0.2, 0) is 26.2 Å². The van der Waals surface area contributed by atoms with Gasteiger partial charge in [0.15, 0.2) is 0 Å². The fraction of sp³-hybridized carbons (Fsp3) is 0.188. The van der Waals surface area contributed by atoms with Crippen LogP contribution in [-0.4, -0.2) is 37.9 Å². The third kappa shape index (κ3) is 4.42. The lowest BCUT2D eigenvalue weighted by Gasteiger charge is -2.14. The van der Waals surface area contributed by atoms with Gasteiger partial charge in [-0.25, -0.2) is 13.2 Å². The van der Waals surface area contributed by atoms with E-state index in [1.807, 2.05) is 0 Å². The number of nitro groups is 1. The molecule has 0 radical (unpaired) electrons. The second-order valence-corrected chi connectivity index (χ2v) is 7.06. The van der Waals surface area contributed by atoms with Crippen LogP contribution in [0.3, 0.4) is 0 Å². The smallest absolute Gasteiger partial charge is 0.338 e. The van der Waals surface area contributed by atoms with Crippen LogP contribution >= 0.6 is 0 Å². The highest BCUT2D eigenvalue weighted by atomic mass is 32.2. The zero-order chi connectivity index (χ0) is 19.3. The van der Waals surface area contributed by atoms with Crippen LogP contribution < -0.4 is 0 Å². The predicted octanol–water partition coefficient (Wildman–Crippen LogP) is 2.13. The number of non-ortho nitro benzene ring substituents is 1. The Kier molecular flexibility index (Phi) is 6.03. The van der Waals surface area contributed by atoms with E-state index >= 15 is 0 Å². The first-order chi connectivity index (χ1) is 12.3. The summed E-state index contributed by atoms with van der Waals surface area (Å²) in [5, 5.41) is 10.6. The number of ether oxygens (including phenoxy) is 1. The van der Waals surface area contributed by atoms with E-state index in [4.69, 9.17) is 4.74 Å². The average molecular weight is 380 g/mol. The van der Waals surface area contributed by atoms with Crippen molar-refractivity contribution < 1.29 is 27.7 Å². The van der Waals surface area contributed by atoms with E-state index in [1.54, 1.807) is 0 Å². The molecule has 0 N–H and O–H groups in total. The Morgan fingerprint density at radius 3 is 2.42 bits per heavy atom. The number of nitrogens with zero attached hydrogens (tertiary/aromatic N) is 2. The molecule has 0 aliphatic carbocycles. The topological polar surface area (TPSA) is 116 Å². The number of carbonyl (C=O) groups is 1. The maximum absolute atomic E-state index is 12.2. The zero-order valence-corrected chi connectivity index (χ0v) is 14.8. The molecule has 0 atom stereocenters. The molecule has 2 aromatic rings. The number of esters is 1. The van der Waals surface area contributed by atoms with Gasteiger partial charge in [0.25, 0.3) is 15.7 Å². The summed E-state index contributed by atoms with van der Waals surface area (Å²) in [6.07, 6.45) is 0. The number of carbonyl (C=O) groups excluding carboxylic acids is 1. The SMILES string of the molecule is CON(C)S(=O)(=O)c1cccc(C(=O)OCc2ccc([N+](=O)[O-])cc2)c1. The first kappa shape index (κ1) is 19.5. The van der Waals surface area contributed by atoms with Crippen LogP contribution in [0, 0.1) is 10.1 Å². The zero-order valence-electron chi connectivity index (χ0n) is 14.0. The van der Waals surface area contributed by atoms with E-state index in [0.717, 1.165) is 0 Å². The Morgan fingerprint density at radius 1 is 1.19 bits per heavy atom. The highest BCUT2D eigenvalue weighted by molar-refractivity contribution is 7.89. The summed E-state index contributed by atoms with van der Waals surface area (Å²) in [4.78, 5) is 26.8. The van der Waals surface area contributed by atoms with Crippen molar-refractivity contribution in [3.8, 4) is 0 Å². The predicted molar refractivity (Wildman–Crippen MR) is 90.6 cm³/mol. The molecular weight excluding hydrogens is 364 g/mol. The van der Waals surface area contributed by atoms with E-state index in [9.17, 15) is 23.3 Å². The molecule has 0 heterocycles. The third-order valence-corrected chi connectivity index (χ3v) is 5.16. The van der Waals surface area contributed by atoms with Crippen molar-refractivity contribution in [2.24, 2.45) is 0 Å². The van der Waals surface area contributed by atoms with Crippen LogP contribution in [0.15, 0.2) is 53.4 Å². The van der Waals surface area contributed by atoms with E-state index in [0.29, 0.717) is 10.0 Å². The molecule has 10 heteroatoms. The van der Waals surface area contributed by atoms with Crippen LogP contribution in [0.5, 0.6) is 0 Å². The first-order valence-corrected chi connectivity index (χ1v) is 8.73. The summed E-state index contributed by atoms with van der Waals surface area (Å²) in [5.74, 6) is -0.722. The molecule has 0 amide bonds. The van der Waals surface area contributed by atoms with Crippen molar-refractivity contribution in [2.45, 2.75) is 11.5 Å². The van der Waals surface area contributed by atoms with Gasteiger partial charge in [-0.1, -0.05) is 10.5 Å². The summed E-state index contributed by atoms with van der Waals surface area (Å²) in [6.45, 7) is -0.105. The van der Waals surface area contributed by atoms with Gasteiger partial charge in [-0.3, -0.25) is 15.0 Å². The third-order valence-electron chi connectivity index (χ3n) is 3.48. The van der Waals surface area contributed by atoms with E-state index in [1.165, 1.54) is 62.7 Å². The van der Waals surface area contributed by atoms with Crippen LogP contribution in [0.1, 0.15) is 15.9 Å². The Labute approximate surface area is 149 Å². The maximum Gasteiger partial charge on any atom is 0.338 e. The molecule has 0 aliphatic heterocycles. The minimum atomic E-state index is -3.89. The van der Waals surface area contributed by atoms with Gasteiger partial charge in [0, 0.05) is 19.2 Å². The minimum Gasteiger partial charge on any atom is -0.457 e. The Hall–Kier alpha value is -2.82. The number of sulfonamides is 1. The fourth-order valence-electron chi connectivity index (χ4n) is 1.98. The van der Waals surface area contributed by atoms with Gasteiger partial charge in [-0.05, 0) is 35.9 Å². The van der Waals surface area contributed by atoms with Crippen molar-refractivity contribution >= 4 is 21.7 Å². The summed E-state index contributed by atoms with van der Waals surface area (Å²) in [5.41, 5.74) is 0.546. The Balaban J connectivity index is 2.10. The van der Waals surface area contributed by atoms with Gasteiger partial charge in [0.05, 0.1) is 22.5 Å². The fourth-order valence-corrected chi connectivity index (χ4v) is 3.00. The van der Waals surface area contributed by atoms with Gasteiger partial charge in [0.1, 0.15) is 6.61 Å². The number of hydrogen-bond donors (Lipinski definition) is 0. The number of hydroxylamine groups is 1. The normalized spacial score (nSPS) is 11.3. The number of nitro benzene ring substituents is 1. The van der Waals surface area contributed by atoms with E-state index < -0.39 is 20.9 Å². The molecule has 0 spiro atoms. The maximum atomic E-state index is 12.2. The quantitative estimate of drug-likeness (QED) is 0.410. The minimum absolute atomic E-state index is 0.0532. The molecular formula is C16H16N2O7S. The summed E-state index contributed by atoms with van der Waals surface area (Å²) in [7, 11) is -1.45. The molecule has 0 saturated heterocycles. The molecule has 2 rings (SSSR count). The van der Waals surface area contributed by atoms with Gasteiger partial charge >= 0.3 is 5.97 Å². The van der Waals surface area contributed by atoms with Crippen LogP contribution in [0.4, 0.5) is 5.69 Å². The number of hydrogen-bond acceptors (Lipinski definition) is 7. The van der Waals surface area contributed by atoms with Crippen LogP contribution in [0.2, 0.25) is 0 Å². The lowest BCUT2D eigenvalue weighted by atomic mass is 10.2. The molecule has 26 heavy (non-hydrogen) atoms. The molecule has 138 valence electrons. The first-order valence-electron chi connectivity index (χ1n) is 7.29. The number of benzene rings is 2. The van der Waals surface area contributed by atoms with Gasteiger partial charge in [-0.2, -0.15) is 0 Å². The second kappa shape index (κ2) is 8.04. The molecule has 0 unspecified atom stereocenters. The van der Waals surface area contributed by atoms with Crippen LogP contribution in [0.25, 0.3) is 0 Å². The molecule has 0 aliphatic rings. The summed E-state index contributed by atoms with van der Waals surface area (Å²) < 4.78 is 30.2. The van der Waals surface area contributed by atoms with Crippen molar-refractivity contribution in [3.63, 3.8) is 0 Å². The monoisotopic (exact) mass is 380 g/mol. The van der Waals surface area contributed by atoms with Crippen molar-refractivity contribution in [2.75, 3.05) is 14.2 Å². The van der Waals surface area contributed by atoms with E-state index in [2.05, 4.69) is 4.84 Å². The van der Waals surface area contributed by atoms with Crippen molar-refractivity contribution in [3.05, 3.63) is 69.8 Å². The summed E-state index contributed by atoms with van der Waals surface area (Å²) >= 11 is 0. The van der Waals surface area contributed by atoms with Gasteiger partial charge < -0.3 is 4.74 Å². The molecule has 0 aromatic heterocycles. The number of rotatable bonds is 7. The Bertz CT molecular complexity index is 910. The molecule has 2 aromatic carbocycles. The average Bonchev–Trinajstić information content (AvgIpc) is 2.65. The summed E-state index contributed by atoms with van der Waals surface area (Å²) in [6, 6.07) is 10.9. The standard InChI is InChI=1S/C16H16N2O7S/c1-17(24-2)26(22,23)15-5-3-4-13(10-15)16(19)25-11-12-6-8-14(9-7-12)18(20)21/h3-10H,11H2,1-2H3. The second-order valence-electron chi connectivity index (χ2n) is 5.12. The van der Waals surface area contributed by atoms with Crippen molar-refractivity contribution in [1.29, 1.82) is 0 Å².